The minimum absolute atomic E-state index is 0.0213. The highest BCUT2D eigenvalue weighted by Gasteiger charge is 2.53. The molecular weight excluding hydrogens is 219 g/mol. The van der Waals surface area contributed by atoms with Crippen molar-refractivity contribution in [3.8, 4) is 5.75 Å². The Labute approximate surface area is 99.8 Å². The third-order valence-electron chi connectivity index (χ3n) is 4.08. The SMILES string of the molecule is CCC(=O)c1ccc(F)c2c1OCC1C(C)C21. The van der Waals surface area contributed by atoms with Crippen LogP contribution in [0.2, 0.25) is 0 Å². The van der Waals surface area contributed by atoms with Gasteiger partial charge in [-0.2, -0.15) is 0 Å². The molecule has 1 fully saturated rings. The molecule has 1 aliphatic carbocycles. The van der Waals surface area contributed by atoms with Crippen molar-refractivity contribution in [1.29, 1.82) is 0 Å². The first-order valence-corrected chi connectivity index (χ1v) is 6.13. The van der Waals surface area contributed by atoms with Crippen LogP contribution in [-0.4, -0.2) is 12.4 Å². The van der Waals surface area contributed by atoms with E-state index in [1.54, 1.807) is 6.07 Å². The average molecular weight is 234 g/mol. The lowest BCUT2D eigenvalue weighted by Crippen LogP contribution is -2.14. The fraction of sp³-hybridized carbons (Fsp3) is 0.500. The number of rotatable bonds is 2. The van der Waals surface area contributed by atoms with Gasteiger partial charge < -0.3 is 4.74 Å². The van der Waals surface area contributed by atoms with Crippen molar-refractivity contribution in [2.24, 2.45) is 11.8 Å². The summed E-state index contributed by atoms with van der Waals surface area (Å²) in [7, 11) is 0. The number of hydrogen-bond donors (Lipinski definition) is 0. The Morgan fingerprint density at radius 3 is 3.00 bits per heavy atom. The minimum atomic E-state index is -0.230. The number of halogens is 1. The molecule has 3 atom stereocenters. The van der Waals surface area contributed by atoms with Crippen LogP contribution in [-0.2, 0) is 0 Å². The fourth-order valence-corrected chi connectivity index (χ4v) is 2.91. The average Bonchev–Trinajstić information content (AvgIpc) is 3.00. The van der Waals surface area contributed by atoms with Gasteiger partial charge in [-0.15, -0.1) is 0 Å². The molecule has 0 radical (unpaired) electrons. The lowest BCUT2D eigenvalue weighted by Gasteiger charge is -2.19. The third kappa shape index (κ3) is 1.41. The normalized spacial score (nSPS) is 29.0. The molecule has 90 valence electrons. The summed E-state index contributed by atoms with van der Waals surface area (Å²) in [4.78, 5) is 11.8. The van der Waals surface area contributed by atoms with Crippen molar-refractivity contribution in [1.82, 2.24) is 0 Å². The van der Waals surface area contributed by atoms with Gasteiger partial charge in [-0.25, -0.2) is 4.39 Å². The van der Waals surface area contributed by atoms with Crippen molar-refractivity contribution < 1.29 is 13.9 Å². The lowest BCUT2D eigenvalue weighted by molar-refractivity contribution is 0.0983. The second-order valence-corrected chi connectivity index (χ2v) is 4.97. The predicted octanol–water partition coefficient (Wildman–Crippen LogP) is 3.16. The molecule has 0 aromatic heterocycles. The van der Waals surface area contributed by atoms with E-state index >= 15 is 0 Å². The van der Waals surface area contributed by atoms with Gasteiger partial charge in [-0.05, 0) is 24.0 Å². The third-order valence-corrected chi connectivity index (χ3v) is 4.08. The standard InChI is InChI=1S/C14H15FO2/c1-3-11(16)8-4-5-10(15)13-12-7(2)9(12)6-17-14(8)13/h4-5,7,9,12H,3,6H2,1-2H3. The Balaban J connectivity index is 2.14. The van der Waals surface area contributed by atoms with Gasteiger partial charge in [0.15, 0.2) is 5.78 Å². The van der Waals surface area contributed by atoms with Crippen LogP contribution in [0.3, 0.4) is 0 Å². The van der Waals surface area contributed by atoms with Crippen molar-refractivity contribution in [3.05, 3.63) is 29.1 Å². The van der Waals surface area contributed by atoms with Gasteiger partial charge in [-0.3, -0.25) is 4.79 Å². The number of fused-ring (bicyclic) bond motifs is 3. The summed E-state index contributed by atoms with van der Waals surface area (Å²) < 4.78 is 19.5. The van der Waals surface area contributed by atoms with Crippen molar-refractivity contribution >= 4 is 5.78 Å². The first-order valence-electron chi connectivity index (χ1n) is 6.13. The first kappa shape index (κ1) is 10.8. The summed E-state index contributed by atoms with van der Waals surface area (Å²) in [5, 5.41) is 0. The van der Waals surface area contributed by atoms with Crippen molar-refractivity contribution in [2.75, 3.05) is 6.61 Å². The van der Waals surface area contributed by atoms with E-state index in [9.17, 15) is 9.18 Å². The Hall–Kier alpha value is -1.38. The maximum atomic E-state index is 13.9. The van der Waals surface area contributed by atoms with Gasteiger partial charge in [0.2, 0.25) is 0 Å². The summed E-state index contributed by atoms with van der Waals surface area (Å²) >= 11 is 0. The van der Waals surface area contributed by atoms with Gasteiger partial charge in [0.05, 0.1) is 12.2 Å². The monoisotopic (exact) mass is 234 g/mol. The lowest BCUT2D eigenvalue weighted by atomic mass is 9.97. The van der Waals surface area contributed by atoms with Gasteiger partial charge >= 0.3 is 0 Å². The van der Waals surface area contributed by atoms with Crippen LogP contribution in [0.1, 0.15) is 42.1 Å². The molecule has 3 rings (SSSR count). The van der Waals surface area contributed by atoms with Crippen LogP contribution in [0.5, 0.6) is 5.75 Å². The van der Waals surface area contributed by atoms with Gasteiger partial charge in [0.1, 0.15) is 11.6 Å². The highest BCUT2D eigenvalue weighted by atomic mass is 19.1. The van der Waals surface area contributed by atoms with Crippen molar-refractivity contribution in [2.45, 2.75) is 26.2 Å². The van der Waals surface area contributed by atoms with Crippen molar-refractivity contribution in [3.63, 3.8) is 0 Å². The second-order valence-electron chi connectivity index (χ2n) is 4.97. The van der Waals surface area contributed by atoms with E-state index in [0.717, 1.165) is 0 Å². The molecule has 17 heavy (non-hydrogen) atoms. The van der Waals surface area contributed by atoms with Gasteiger partial charge in [0.25, 0.3) is 0 Å². The summed E-state index contributed by atoms with van der Waals surface area (Å²) in [6, 6.07) is 2.95. The van der Waals surface area contributed by atoms with E-state index in [1.165, 1.54) is 6.07 Å². The highest BCUT2D eigenvalue weighted by Crippen LogP contribution is 2.59. The van der Waals surface area contributed by atoms with Crippen LogP contribution in [0.15, 0.2) is 12.1 Å². The summed E-state index contributed by atoms with van der Waals surface area (Å²) in [6.45, 7) is 4.54. The zero-order valence-corrected chi connectivity index (χ0v) is 10.00. The van der Waals surface area contributed by atoms with Crippen LogP contribution in [0, 0.1) is 17.7 Å². The topological polar surface area (TPSA) is 26.3 Å². The van der Waals surface area contributed by atoms with E-state index in [0.29, 0.717) is 41.7 Å². The number of Topliss-reactive ketones (excluding diaryl/α,β-unsaturated/α-hetero) is 1. The zero-order valence-electron chi connectivity index (χ0n) is 10.00. The summed E-state index contributed by atoms with van der Waals surface area (Å²) in [5.74, 6) is 1.45. The second kappa shape index (κ2) is 3.56. The summed E-state index contributed by atoms with van der Waals surface area (Å²) in [5.41, 5.74) is 1.18. The molecule has 3 unspecified atom stereocenters. The Bertz CT molecular complexity index is 495. The number of ketones is 1. The van der Waals surface area contributed by atoms with E-state index in [4.69, 9.17) is 4.74 Å². The Morgan fingerprint density at radius 2 is 2.29 bits per heavy atom. The molecule has 1 aliphatic heterocycles. The molecule has 3 heteroatoms. The zero-order chi connectivity index (χ0) is 12.2. The maximum Gasteiger partial charge on any atom is 0.166 e. The molecule has 0 amide bonds. The molecule has 1 heterocycles. The number of carbonyl (C=O) groups excluding carboxylic acids is 1. The Kier molecular flexibility index (Phi) is 2.25. The first-order chi connectivity index (χ1) is 8.15. The fourth-order valence-electron chi connectivity index (χ4n) is 2.91. The van der Waals surface area contributed by atoms with Crippen LogP contribution < -0.4 is 4.74 Å². The number of carbonyl (C=O) groups is 1. The van der Waals surface area contributed by atoms with Gasteiger partial charge in [0, 0.05) is 17.9 Å². The molecule has 0 spiro atoms. The molecule has 1 aromatic carbocycles. The molecule has 2 nitrogen and oxygen atoms in total. The highest BCUT2D eigenvalue weighted by molar-refractivity contribution is 5.99. The van der Waals surface area contributed by atoms with Crippen LogP contribution >= 0.6 is 0 Å². The molecule has 2 aliphatic rings. The van der Waals surface area contributed by atoms with Crippen LogP contribution in [0.25, 0.3) is 0 Å². The predicted molar refractivity (Wildman–Crippen MR) is 61.9 cm³/mol. The number of hydrogen-bond acceptors (Lipinski definition) is 2. The maximum absolute atomic E-state index is 13.9. The minimum Gasteiger partial charge on any atom is -0.492 e. The van der Waals surface area contributed by atoms with E-state index in [2.05, 4.69) is 6.92 Å². The molecule has 0 bridgehead atoms. The van der Waals surface area contributed by atoms with Crippen LogP contribution in [0.4, 0.5) is 4.39 Å². The van der Waals surface area contributed by atoms with Gasteiger partial charge in [-0.1, -0.05) is 13.8 Å². The molecular formula is C14H15FO2. The molecule has 0 saturated heterocycles. The van der Waals surface area contributed by atoms with E-state index < -0.39 is 0 Å². The number of benzene rings is 1. The quantitative estimate of drug-likeness (QED) is 0.735. The largest absolute Gasteiger partial charge is 0.492 e. The summed E-state index contributed by atoms with van der Waals surface area (Å²) in [6.07, 6.45) is 0.422. The number of ether oxygens (including phenoxy) is 1. The Morgan fingerprint density at radius 1 is 1.53 bits per heavy atom. The smallest absolute Gasteiger partial charge is 0.166 e. The molecule has 1 aromatic rings. The molecule has 0 N–H and O–H groups in total. The van der Waals surface area contributed by atoms with E-state index in [-0.39, 0.29) is 17.5 Å². The van der Waals surface area contributed by atoms with E-state index in [1.807, 2.05) is 6.92 Å². The molecule has 1 saturated carbocycles.